The maximum absolute atomic E-state index is 12.2. The number of aryl methyl sites for hydroxylation is 2. The van der Waals surface area contributed by atoms with E-state index in [1.165, 1.54) is 6.92 Å². The average Bonchev–Trinajstić information content (AvgIpc) is 2.47. The zero-order valence-electron chi connectivity index (χ0n) is 14.3. The fraction of sp³-hybridized carbons (Fsp3) is 0.263. The molecule has 2 rings (SSSR count). The lowest BCUT2D eigenvalue weighted by atomic mass is 10.1. The second-order valence-electron chi connectivity index (χ2n) is 5.83. The van der Waals surface area contributed by atoms with Gasteiger partial charge in [-0.05, 0) is 68.3 Å². The molecule has 0 radical (unpaired) electrons. The highest BCUT2D eigenvalue weighted by molar-refractivity contribution is 5.94. The minimum Gasteiger partial charge on any atom is -0.481 e. The zero-order chi connectivity index (χ0) is 17.7. The van der Waals surface area contributed by atoms with E-state index in [1.807, 2.05) is 32.0 Å². The van der Waals surface area contributed by atoms with E-state index in [9.17, 15) is 9.59 Å². The van der Waals surface area contributed by atoms with Crippen LogP contribution in [0.4, 0.5) is 11.4 Å². The quantitative estimate of drug-likeness (QED) is 0.881. The predicted octanol–water partition coefficient (Wildman–Crippen LogP) is 3.67. The third-order valence-electron chi connectivity index (χ3n) is 3.35. The Morgan fingerprint density at radius 1 is 0.917 bits per heavy atom. The monoisotopic (exact) mass is 326 g/mol. The molecule has 5 heteroatoms. The molecule has 2 aromatic carbocycles. The van der Waals surface area contributed by atoms with Crippen molar-refractivity contribution in [1.29, 1.82) is 0 Å². The molecule has 0 bridgehead atoms. The first kappa shape index (κ1) is 17.5. The van der Waals surface area contributed by atoms with Gasteiger partial charge in [-0.25, -0.2) is 0 Å². The van der Waals surface area contributed by atoms with Gasteiger partial charge in [-0.3, -0.25) is 9.59 Å². The molecule has 0 saturated heterocycles. The molecule has 0 heterocycles. The molecule has 2 N–H and O–H groups in total. The molecule has 2 aromatic rings. The maximum atomic E-state index is 12.2. The van der Waals surface area contributed by atoms with E-state index in [2.05, 4.69) is 10.6 Å². The summed E-state index contributed by atoms with van der Waals surface area (Å²) in [6.45, 7) is 7.13. The number of carbonyl (C=O) groups excluding carboxylic acids is 2. The van der Waals surface area contributed by atoms with E-state index in [0.29, 0.717) is 17.1 Å². The van der Waals surface area contributed by atoms with Crippen molar-refractivity contribution >= 4 is 23.2 Å². The molecule has 0 aliphatic heterocycles. The van der Waals surface area contributed by atoms with Gasteiger partial charge in [-0.1, -0.05) is 6.07 Å². The first-order valence-electron chi connectivity index (χ1n) is 7.77. The normalized spacial score (nSPS) is 11.5. The van der Waals surface area contributed by atoms with E-state index < -0.39 is 6.10 Å². The van der Waals surface area contributed by atoms with Crippen LogP contribution in [0.5, 0.6) is 5.75 Å². The van der Waals surface area contributed by atoms with E-state index in [0.717, 1.165) is 11.1 Å². The lowest BCUT2D eigenvalue weighted by Gasteiger charge is -2.16. The molecular weight excluding hydrogens is 304 g/mol. The summed E-state index contributed by atoms with van der Waals surface area (Å²) >= 11 is 0. The van der Waals surface area contributed by atoms with Gasteiger partial charge in [0.2, 0.25) is 5.91 Å². The number of anilines is 2. The van der Waals surface area contributed by atoms with Gasteiger partial charge in [-0.15, -0.1) is 0 Å². The van der Waals surface area contributed by atoms with Crippen LogP contribution in [0.3, 0.4) is 0 Å². The third kappa shape index (κ3) is 5.12. The van der Waals surface area contributed by atoms with Crippen LogP contribution in [0.15, 0.2) is 42.5 Å². The summed E-state index contributed by atoms with van der Waals surface area (Å²) < 4.78 is 5.72. The minimum atomic E-state index is -0.624. The summed E-state index contributed by atoms with van der Waals surface area (Å²) in [6, 6.07) is 12.8. The minimum absolute atomic E-state index is 0.137. The van der Waals surface area contributed by atoms with Gasteiger partial charge in [-0.2, -0.15) is 0 Å². The molecule has 5 nitrogen and oxygen atoms in total. The number of carbonyl (C=O) groups is 2. The van der Waals surface area contributed by atoms with Crippen LogP contribution in [0.1, 0.15) is 25.0 Å². The van der Waals surface area contributed by atoms with Crippen molar-refractivity contribution in [2.45, 2.75) is 33.8 Å². The highest BCUT2D eigenvalue weighted by Crippen LogP contribution is 2.19. The fourth-order valence-corrected chi connectivity index (χ4v) is 2.34. The highest BCUT2D eigenvalue weighted by Gasteiger charge is 2.15. The largest absolute Gasteiger partial charge is 0.481 e. The molecule has 0 spiro atoms. The van der Waals surface area contributed by atoms with E-state index >= 15 is 0 Å². The lowest BCUT2D eigenvalue weighted by Crippen LogP contribution is -2.30. The van der Waals surface area contributed by atoms with Crippen molar-refractivity contribution in [3.05, 3.63) is 53.6 Å². The van der Waals surface area contributed by atoms with Gasteiger partial charge < -0.3 is 15.4 Å². The van der Waals surface area contributed by atoms with Crippen molar-refractivity contribution in [3.63, 3.8) is 0 Å². The zero-order valence-corrected chi connectivity index (χ0v) is 14.3. The molecule has 0 fully saturated rings. The Morgan fingerprint density at radius 2 is 1.42 bits per heavy atom. The van der Waals surface area contributed by atoms with Crippen molar-refractivity contribution in [2.24, 2.45) is 0 Å². The molecule has 126 valence electrons. The van der Waals surface area contributed by atoms with Crippen LogP contribution in [-0.2, 0) is 9.59 Å². The van der Waals surface area contributed by atoms with Gasteiger partial charge >= 0.3 is 0 Å². The fourth-order valence-electron chi connectivity index (χ4n) is 2.34. The topological polar surface area (TPSA) is 67.4 Å². The maximum Gasteiger partial charge on any atom is 0.265 e. The number of hydrogen-bond donors (Lipinski definition) is 2. The van der Waals surface area contributed by atoms with E-state index in [4.69, 9.17) is 4.74 Å². The predicted molar refractivity (Wildman–Crippen MR) is 95.4 cm³/mol. The van der Waals surface area contributed by atoms with Gasteiger partial charge in [0.1, 0.15) is 5.75 Å². The van der Waals surface area contributed by atoms with Crippen molar-refractivity contribution in [2.75, 3.05) is 10.6 Å². The van der Waals surface area contributed by atoms with Crippen LogP contribution >= 0.6 is 0 Å². The SMILES string of the molecule is CC(=O)Nc1ccc(NC(=O)[C@@H](C)Oc2cc(C)cc(C)c2)cc1. The smallest absolute Gasteiger partial charge is 0.265 e. The second-order valence-corrected chi connectivity index (χ2v) is 5.83. The van der Waals surface area contributed by atoms with Gasteiger partial charge in [0.05, 0.1) is 0 Å². The first-order valence-corrected chi connectivity index (χ1v) is 7.77. The molecule has 1 atom stereocenters. The second kappa shape index (κ2) is 7.64. The average molecular weight is 326 g/mol. The molecule has 2 amide bonds. The van der Waals surface area contributed by atoms with Gasteiger partial charge in [0.25, 0.3) is 5.91 Å². The van der Waals surface area contributed by atoms with Crippen molar-refractivity contribution in [3.8, 4) is 5.75 Å². The summed E-state index contributed by atoms with van der Waals surface area (Å²) in [5, 5.41) is 5.47. The summed E-state index contributed by atoms with van der Waals surface area (Å²) in [4.78, 5) is 23.2. The molecule has 0 unspecified atom stereocenters. The lowest BCUT2D eigenvalue weighted by molar-refractivity contribution is -0.122. The number of nitrogens with one attached hydrogen (secondary N) is 2. The molecule has 0 saturated carbocycles. The number of amides is 2. The molecular formula is C19H22N2O3. The Balaban J connectivity index is 1.97. The van der Waals surface area contributed by atoms with Crippen LogP contribution in [-0.4, -0.2) is 17.9 Å². The summed E-state index contributed by atoms with van der Waals surface area (Å²) in [5.74, 6) is 0.305. The van der Waals surface area contributed by atoms with E-state index in [1.54, 1.807) is 31.2 Å². The molecule has 24 heavy (non-hydrogen) atoms. The molecule has 0 aromatic heterocycles. The van der Waals surface area contributed by atoms with Crippen LogP contribution in [0.2, 0.25) is 0 Å². The molecule has 0 aliphatic carbocycles. The van der Waals surface area contributed by atoms with Gasteiger partial charge in [0, 0.05) is 18.3 Å². The Kier molecular flexibility index (Phi) is 5.58. The Hall–Kier alpha value is -2.82. The third-order valence-corrected chi connectivity index (χ3v) is 3.35. The van der Waals surface area contributed by atoms with Crippen LogP contribution < -0.4 is 15.4 Å². The number of rotatable bonds is 5. The Bertz CT molecular complexity index is 719. The van der Waals surface area contributed by atoms with E-state index in [-0.39, 0.29) is 11.8 Å². The highest BCUT2D eigenvalue weighted by atomic mass is 16.5. The molecule has 0 aliphatic rings. The summed E-state index contributed by atoms with van der Waals surface area (Å²) in [7, 11) is 0. The van der Waals surface area contributed by atoms with Crippen LogP contribution in [0, 0.1) is 13.8 Å². The number of benzene rings is 2. The van der Waals surface area contributed by atoms with Crippen molar-refractivity contribution < 1.29 is 14.3 Å². The number of hydrogen-bond acceptors (Lipinski definition) is 3. The van der Waals surface area contributed by atoms with Crippen molar-refractivity contribution in [1.82, 2.24) is 0 Å². The van der Waals surface area contributed by atoms with Crippen LogP contribution in [0.25, 0.3) is 0 Å². The summed E-state index contributed by atoms with van der Waals surface area (Å²) in [6.07, 6.45) is -0.624. The standard InChI is InChI=1S/C19H22N2O3/c1-12-9-13(2)11-18(10-12)24-14(3)19(23)21-17-7-5-16(6-8-17)20-15(4)22/h5-11,14H,1-4H3,(H,20,22)(H,21,23)/t14-/m1/s1. The Labute approximate surface area is 142 Å². The van der Waals surface area contributed by atoms with Gasteiger partial charge in [0.15, 0.2) is 6.10 Å². The summed E-state index contributed by atoms with van der Waals surface area (Å²) in [5.41, 5.74) is 3.50. The number of ether oxygens (including phenoxy) is 1. The Morgan fingerprint density at radius 3 is 1.92 bits per heavy atom. The first-order chi connectivity index (χ1) is 11.3.